The van der Waals surface area contributed by atoms with E-state index in [9.17, 15) is 0 Å². The Hall–Kier alpha value is -1.03. The SMILES string of the molecule is CC(C)(C)c1nc(C(C)(C)C)c2scnc2n1. The van der Waals surface area contributed by atoms with Crippen molar-refractivity contribution in [3.8, 4) is 0 Å². The standard InChI is InChI=1S/C13H19N3S/c1-12(2,3)9-8-10(14-7-17-8)16-11(15-9)13(4,5)6/h7H,1-6H3. The van der Waals surface area contributed by atoms with Gasteiger partial charge in [0.15, 0.2) is 5.65 Å². The van der Waals surface area contributed by atoms with Gasteiger partial charge in [-0.3, -0.25) is 0 Å². The topological polar surface area (TPSA) is 38.7 Å². The van der Waals surface area contributed by atoms with Crippen molar-refractivity contribution in [1.82, 2.24) is 15.0 Å². The molecule has 0 radical (unpaired) electrons. The van der Waals surface area contributed by atoms with Crippen LogP contribution in [0, 0.1) is 0 Å². The molecule has 0 amide bonds. The molecule has 0 fully saturated rings. The van der Waals surface area contributed by atoms with Crippen molar-refractivity contribution in [1.29, 1.82) is 0 Å². The third kappa shape index (κ3) is 2.32. The van der Waals surface area contributed by atoms with Gasteiger partial charge in [0.2, 0.25) is 0 Å². The minimum absolute atomic E-state index is 0.0216. The van der Waals surface area contributed by atoms with E-state index in [0.29, 0.717) is 0 Å². The van der Waals surface area contributed by atoms with E-state index in [1.165, 1.54) is 0 Å². The zero-order valence-electron chi connectivity index (χ0n) is 11.3. The first-order valence-electron chi connectivity index (χ1n) is 5.82. The Morgan fingerprint density at radius 2 is 1.59 bits per heavy atom. The predicted molar refractivity (Wildman–Crippen MR) is 72.6 cm³/mol. The Morgan fingerprint density at radius 1 is 0.941 bits per heavy atom. The van der Waals surface area contributed by atoms with Gasteiger partial charge in [-0.25, -0.2) is 15.0 Å². The Bertz CT molecular complexity index is 544. The van der Waals surface area contributed by atoms with E-state index >= 15 is 0 Å². The molecule has 0 unspecified atom stereocenters. The van der Waals surface area contributed by atoms with Crippen molar-refractivity contribution in [2.45, 2.75) is 52.4 Å². The molecule has 0 aromatic carbocycles. The number of hydrogen-bond donors (Lipinski definition) is 0. The largest absolute Gasteiger partial charge is 0.235 e. The number of hydrogen-bond acceptors (Lipinski definition) is 4. The third-order valence-corrected chi connectivity index (χ3v) is 3.40. The molecule has 2 heterocycles. The van der Waals surface area contributed by atoms with Crippen LogP contribution in [0.3, 0.4) is 0 Å². The highest BCUT2D eigenvalue weighted by atomic mass is 32.1. The molecule has 3 nitrogen and oxygen atoms in total. The molecular weight excluding hydrogens is 230 g/mol. The van der Waals surface area contributed by atoms with Crippen LogP contribution >= 0.6 is 11.3 Å². The van der Waals surface area contributed by atoms with Gasteiger partial charge in [0.25, 0.3) is 0 Å². The Balaban J connectivity index is 2.76. The molecule has 0 aliphatic carbocycles. The average Bonchev–Trinajstić information content (AvgIpc) is 2.59. The first-order chi connectivity index (χ1) is 7.69. The van der Waals surface area contributed by atoms with Crippen LogP contribution in [0.25, 0.3) is 10.3 Å². The summed E-state index contributed by atoms with van der Waals surface area (Å²) in [6, 6.07) is 0. The quantitative estimate of drug-likeness (QED) is 0.715. The van der Waals surface area contributed by atoms with Crippen LogP contribution in [0.2, 0.25) is 0 Å². The summed E-state index contributed by atoms with van der Waals surface area (Å²) >= 11 is 1.62. The second-order valence-corrected chi connectivity index (χ2v) is 7.26. The monoisotopic (exact) mass is 249 g/mol. The molecule has 92 valence electrons. The van der Waals surface area contributed by atoms with E-state index in [0.717, 1.165) is 21.9 Å². The van der Waals surface area contributed by atoms with Gasteiger partial charge in [-0.1, -0.05) is 41.5 Å². The molecule has 0 spiro atoms. The highest BCUT2D eigenvalue weighted by Crippen LogP contribution is 2.32. The normalized spacial score (nSPS) is 13.3. The average molecular weight is 249 g/mol. The maximum Gasteiger partial charge on any atom is 0.174 e. The summed E-state index contributed by atoms with van der Waals surface area (Å²) in [6.45, 7) is 12.9. The molecule has 0 saturated carbocycles. The molecule has 0 bridgehead atoms. The van der Waals surface area contributed by atoms with Crippen LogP contribution in [0.5, 0.6) is 0 Å². The van der Waals surface area contributed by atoms with Crippen molar-refractivity contribution in [3.63, 3.8) is 0 Å². The Morgan fingerprint density at radius 3 is 2.12 bits per heavy atom. The van der Waals surface area contributed by atoms with Gasteiger partial charge in [0.05, 0.1) is 15.9 Å². The molecule has 0 saturated heterocycles. The van der Waals surface area contributed by atoms with Gasteiger partial charge in [-0.05, 0) is 0 Å². The second kappa shape index (κ2) is 3.73. The lowest BCUT2D eigenvalue weighted by Crippen LogP contribution is -2.21. The van der Waals surface area contributed by atoms with Gasteiger partial charge in [0, 0.05) is 10.8 Å². The van der Waals surface area contributed by atoms with Crippen LogP contribution < -0.4 is 0 Å². The summed E-state index contributed by atoms with van der Waals surface area (Å²) in [4.78, 5) is 13.7. The molecule has 0 aliphatic rings. The highest BCUT2D eigenvalue weighted by molar-refractivity contribution is 7.16. The van der Waals surface area contributed by atoms with Crippen LogP contribution in [0.15, 0.2) is 5.51 Å². The summed E-state index contributed by atoms with van der Waals surface area (Å²) < 4.78 is 1.12. The number of fused-ring (bicyclic) bond motifs is 1. The molecule has 0 atom stereocenters. The second-order valence-electron chi connectivity index (χ2n) is 6.40. The summed E-state index contributed by atoms with van der Waals surface area (Å²) in [7, 11) is 0. The molecule has 2 aromatic heterocycles. The summed E-state index contributed by atoms with van der Waals surface area (Å²) in [5, 5.41) is 0. The van der Waals surface area contributed by atoms with Crippen LogP contribution in [0.4, 0.5) is 0 Å². The zero-order chi connectivity index (χ0) is 12.8. The van der Waals surface area contributed by atoms with Crippen molar-refractivity contribution in [2.24, 2.45) is 0 Å². The Kier molecular flexibility index (Phi) is 2.73. The zero-order valence-corrected chi connectivity index (χ0v) is 12.1. The number of rotatable bonds is 0. The predicted octanol–water partition coefficient (Wildman–Crippen LogP) is 3.68. The van der Waals surface area contributed by atoms with E-state index in [4.69, 9.17) is 4.98 Å². The first-order valence-corrected chi connectivity index (χ1v) is 6.70. The number of aromatic nitrogens is 3. The first kappa shape index (κ1) is 12.4. The van der Waals surface area contributed by atoms with E-state index in [1.807, 2.05) is 5.51 Å². The van der Waals surface area contributed by atoms with E-state index < -0.39 is 0 Å². The summed E-state index contributed by atoms with van der Waals surface area (Å²) in [6.07, 6.45) is 0. The fraction of sp³-hybridized carbons (Fsp3) is 0.615. The molecule has 2 aromatic rings. The summed E-state index contributed by atoms with van der Waals surface area (Å²) in [5.74, 6) is 0.876. The van der Waals surface area contributed by atoms with E-state index in [-0.39, 0.29) is 10.8 Å². The fourth-order valence-electron chi connectivity index (χ4n) is 1.61. The molecule has 2 rings (SSSR count). The molecule has 4 heteroatoms. The van der Waals surface area contributed by atoms with Crippen LogP contribution in [-0.4, -0.2) is 15.0 Å². The van der Waals surface area contributed by atoms with Gasteiger partial charge in [0.1, 0.15) is 5.82 Å². The molecule has 0 N–H and O–H groups in total. The van der Waals surface area contributed by atoms with Gasteiger partial charge in [-0.15, -0.1) is 11.3 Å². The lowest BCUT2D eigenvalue weighted by atomic mass is 9.90. The van der Waals surface area contributed by atoms with E-state index in [2.05, 4.69) is 51.5 Å². The van der Waals surface area contributed by atoms with Crippen LogP contribution in [0.1, 0.15) is 53.1 Å². The highest BCUT2D eigenvalue weighted by Gasteiger charge is 2.26. The minimum Gasteiger partial charge on any atom is -0.235 e. The van der Waals surface area contributed by atoms with Crippen molar-refractivity contribution < 1.29 is 0 Å². The van der Waals surface area contributed by atoms with Crippen LogP contribution in [-0.2, 0) is 10.8 Å². The number of nitrogens with zero attached hydrogens (tertiary/aromatic N) is 3. The lowest BCUT2D eigenvalue weighted by Gasteiger charge is -2.22. The molecular formula is C13H19N3S. The minimum atomic E-state index is -0.0438. The van der Waals surface area contributed by atoms with Gasteiger partial charge >= 0.3 is 0 Å². The van der Waals surface area contributed by atoms with Gasteiger partial charge in [-0.2, -0.15) is 0 Å². The van der Waals surface area contributed by atoms with Crippen molar-refractivity contribution >= 4 is 21.7 Å². The number of thiazole rings is 1. The van der Waals surface area contributed by atoms with Crippen molar-refractivity contribution in [3.05, 3.63) is 17.0 Å². The lowest BCUT2D eigenvalue weighted by molar-refractivity contribution is 0.520. The maximum absolute atomic E-state index is 4.77. The van der Waals surface area contributed by atoms with Gasteiger partial charge < -0.3 is 0 Å². The molecule has 17 heavy (non-hydrogen) atoms. The smallest absolute Gasteiger partial charge is 0.174 e. The molecule has 0 aliphatic heterocycles. The van der Waals surface area contributed by atoms with E-state index in [1.54, 1.807) is 11.3 Å². The Labute approximate surface area is 106 Å². The van der Waals surface area contributed by atoms with Crippen molar-refractivity contribution in [2.75, 3.05) is 0 Å². The third-order valence-electron chi connectivity index (χ3n) is 2.57. The fourth-order valence-corrected chi connectivity index (χ4v) is 2.53. The summed E-state index contributed by atoms with van der Waals surface area (Å²) in [5.41, 5.74) is 3.77. The maximum atomic E-state index is 4.77.